The summed E-state index contributed by atoms with van der Waals surface area (Å²) < 4.78 is 6.29. The van der Waals surface area contributed by atoms with Crippen molar-refractivity contribution in [2.24, 2.45) is 0 Å². The van der Waals surface area contributed by atoms with Gasteiger partial charge in [0.25, 0.3) is 0 Å². The number of rotatable bonds is 3. The van der Waals surface area contributed by atoms with Gasteiger partial charge in [0, 0.05) is 10.2 Å². The van der Waals surface area contributed by atoms with Gasteiger partial charge >= 0.3 is 0 Å². The molecule has 0 aliphatic rings. The monoisotopic (exact) mass is 340 g/mol. The normalized spacial score (nSPS) is 10.8. The summed E-state index contributed by atoms with van der Waals surface area (Å²) in [6.45, 7) is 4.14. The van der Waals surface area contributed by atoms with E-state index in [2.05, 4.69) is 39.7 Å². The van der Waals surface area contributed by atoms with Gasteiger partial charge in [-0.15, -0.1) is 0 Å². The van der Waals surface area contributed by atoms with Crippen molar-refractivity contribution in [3.05, 3.63) is 39.6 Å². The van der Waals surface area contributed by atoms with Crippen molar-refractivity contribution in [3.63, 3.8) is 0 Å². The fourth-order valence-corrected chi connectivity index (χ4v) is 2.26. The Balaban J connectivity index is 2.61. The summed E-state index contributed by atoms with van der Waals surface area (Å²) in [5, 5.41) is 0.440. The van der Waals surface area contributed by atoms with Crippen LogP contribution in [-0.2, 0) is 0 Å². The maximum absolute atomic E-state index is 6.08. The first-order chi connectivity index (χ1) is 9.01. The highest BCUT2D eigenvalue weighted by Gasteiger charge is 2.13. The van der Waals surface area contributed by atoms with Crippen LogP contribution in [0.15, 0.2) is 28.7 Å². The first-order valence-electron chi connectivity index (χ1n) is 5.89. The molecule has 19 heavy (non-hydrogen) atoms. The van der Waals surface area contributed by atoms with Crippen molar-refractivity contribution in [2.45, 2.75) is 19.8 Å². The molecule has 0 radical (unpaired) electrons. The summed E-state index contributed by atoms with van der Waals surface area (Å²) in [5.41, 5.74) is 1.73. The highest BCUT2D eigenvalue weighted by Crippen LogP contribution is 2.32. The van der Waals surface area contributed by atoms with Crippen LogP contribution in [0.5, 0.6) is 5.75 Å². The molecular formula is C14H14BrClN2O. The number of benzene rings is 1. The van der Waals surface area contributed by atoms with Gasteiger partial charge in [-0.1, -0.05) is 41.4 Å². The Kier molecular flexibility index (Phi) is 4.42. The molecule has 0 unspecified atom stereocenters. The zero-order chi connectivity index (χ0) is 14.0. The highest BCUT2D eigenvalue weighted by molar-refractivity contribution is 9.10. The van der Waals surface area contributed by atoms with Gasteiger partial charge in [-0.05, 0) is 30.2 Å². The summed E-state index contributed by atoms with van der Waals surface area (Å²) in [7, 11) is 1.63. The van der Waals surface area contributed by atoms with Crippen LogP contribution in [0.3, 0.4) is 0 Å². The molecule has 1 heterocycles. The predicted octanol–water partition coefficient (Wildman–Crippen LogP) is 4.69. The predicted molar refractivity (Wildman–Crippen MR) is 80.8 cm³/mol. The average Bonchev–Trinajstić information content (AvgIpc) is 2.37. The molecule has 0 bridgehead atoms. The van der Waals surface area contributed by atoms with E-state index >= 15 is 0 Å². The SMILES string of the molecule is COc1ccc(Br)cc1-c1nc(Cl)cc(C(C)C)n1. The van der Waals surface area contributed by atoms with Crippen molar-refractivity contribution >= 4 is 27.5 Å². The van der Waals surface area contributed by atoms with Gasteiger partial charge in [-0.3, -0.25) is 0 Å². The third kappa shape index (κ3) is 3.25. The molecule has 0 aliphatic carbocycles. The second-order valence-corrected chi connectivity index (χ2v) is 5.74. The lowest BCUT2D eigenvalue weighted by atomic mass is 10.1. The molecule has 0 fully saturated rings. The van der Waals surface area contributed by atoms with Crippen LogP contribution in [0.1, 0.15) is 25.5 Å². The molecule has 0 saturated heterocycles. The topological polar surface area (TPSA) is 35.0 Å². The molecule has 0 saturated carbocycles. The number of ether oxygens (including phenoxy) is 1. The summed E-state index contributed by atoms with van der Waals surface area (Å²) >= 11 is 9.52. The van der Waals surface area contributed by atoms with Gasteiger partial charge in [0.1, 0.15) is 10.9 Å². The van der Waals surface area contributed by atoms with Gasteiger partial charge in [-0.25, -0.2) is 9.97 Å². The third-order valence-corrected chi connectivity index (χ3v) is 3.40. The van der Waals surface area contributed by atoms with Crippen LogP contribution in [0.25, 0.3) is 11.4 Å². The van der Waals surface area contributed by atoms with E-state index in [1.165, 1.54) is 0 Å². The largest absolute Gasteiger partial charge is 0.496 e. The van der Waals surface area contributed by atoms with Crippen LogP contribution in [-0.4, -0.2) is 17.1 Å². The molecule has 5 heteroatoms. The van der Waals surface area contributed by atoms with Gasteiger partial charge in [0.15, 0.2) is 5.82 Å². The Morgan fingerprint density at radius 2 is 1.95 bits per heavy atom. The lowest BCUT2D eigenvalue weighted by Crippen LogP contribution is -1.99. The number of hydrogen-bond acceptors (Lipinski definition) is 3. The Labute approximate surface area is 126 Å². The van der Waals surface area contributed by atoms with Crippen molar-refractivity contribution in [3.8, 4) is 17.1 Å². The maximum atomic E-state index is 6.08. The fraction of sp³-hybridized carbons (Fsp3) is 0.286. The molecule has 2 aromatic rings. The van der Waals surface area contributed by atoms with E-state index in [4.69, 9.17) is 16.3 Å². The first kappa shape index (κ1) is 14.3. The van der Waals surface area contributed by atoms with Crippen molar-refractivity contribution in [1.82, 2.24) is 9.97 Å². The number of hydrogen-bond donors (Lipinski definition) is 0. The van der Waals surface area contributed by atoms with Crippen molar-refractivity contribution < 1.29 is 4.74 Å². The van der Waals surface area contributed by atoms with Gasteiger partial charge in [0.05, 0.1) is 12.7 Å². The van der Waals surface area contributed by atoms with Crippen LogP contribution < -0.4 is 4.74 Å². The van der Waals surface area contributed by atoms with E-state index in [9.17, 15) is 0 Å². The van der Waals surface area contributed by atoms with E-state index < -0.39 is 0 Å². The second kappa shape index (κ2) is 5.88. The van der Waals surface area contributed by atoms with E-state index in [0.29, 0.717) is 11.0 Å². The van der Waals surface area contributed by atoms with E-state index in [0.717, 1.165) is 21.5 Å². The molecule has 0 aliphatic heterocycles. The first-order valence-corrected chi connectivity index (χ1v) is 7.06. The summed E-state index contributed by atoms with van der Waals surface area (Å²) in [6.07, 6.45) is 0. The smallest absolute Gasteiger partial charge is 0.164 e. The Hall–Kier alpha value is -1.13. The molecule has 0 N–H and O–H groups in total. The van der Waals surface area contributed by atoms with Crippen LogP contribution >= 0.6 is 27.5 Å². The molecule has 1 aromatic carbocycles. The Morgan fingerprint density at radius 1 is 1.21 bits per heavy atom. The zero-order valence-corrected chi connectivity index (χ0v) is 13.3. The molecular weight excluding hydrogens is 328 g/mol. The number of aromatic nitrogens is 2. The minimum absolute atomic E-state index is 0.289. The minimum atomic E-state index is 0.289. The lowest BCUT2D eigenvalue weighted by Gasteiger charge is -2.11. The number of halogens is 2. The number of methoxy groups -OCH3 is 1. The zero-order valence-electron chi connectivity index (χ0n) is 10.9. The summed E-state index contributed by atoms with van der Waals surface area (Å²) in [6, 6.07) is 7.50. The van der Waals surface area contributed by atoms with Crippen LogP contribution in [0.2, 0.25) is 5.15 Å². The second-order valence-electron chi connectivity index (χ2n) is 4.44. The summed E-state index contributed by atoms with van der Waals surface area (Å²) in [5.74, 6) is 1.59. The molecule has 3 nitrogen and oxygen atoms in total. The standard InChI is InChI=1S/C14H14BrClN2O/c1-8(2)11-7-13(16)18-14(17-11)10-6-9(15)4-5-12(10)19-3/h4-8H,1-3H3. The Bertz CT molecular complexity index is 602. The molecule has 0 amide bonds. The molecule has 0 atom stereocenters. The average molecular weight is 342 g/mol. The molecule has 2 rings (SSSR count). The van der Waals surface area contributed by atoms with Crippen molar-refractivity contribution in [1.29, 1.82) is 0 Å². The highest BCUT2D eigenvalue weighted by atomic mass is 79.9. The quantitative estimate of drug-likeness (QED) is 0.760. The Morgan fingerprint density at radius 3 is 2.58 bits per heavy atom. The molecule has 0 spiro atoms. The van der Waals surface area contributed by atoms with Gasteiger partial charge < -0.3 is 4.74 Å². The summed E-state index contributed by atoms with van der Waals surface area (Å²) in [4.78, 5) is 8.85. The molecule has 100 valence electrons. The van der Waals surface area contributed by atoms with E-state index in [1.54, 1.807) is 13.2 Å². The van der Waals surface area contributed by atoms with Crippen LogP contribution in [0, 0.1) is 0 Å². The molecule has 1 aromatic heterocycles. The fourth-order valence-electron chi connectivity index (χ4n) is 1.71. The maximum Gasteiger partial charge on any atom is 0.164 e. The van der Waals surface area contributed by atoms with Crippen molar-refractivity contribution in [2.75, 3.05) is 7.11 Å². The minimum Gasteiger partial charge on any atom is -0.496 e. The number of nitrogens with zero attached hydrogens (tertiary/aromatic N) is 2. The van der Waals surface area contributed by atoms with Gasteiger partial charge in [-0.2, -0.15) is 0 Å². The lowest BCUT2D eigenvalue weighted by molar-refractivity contribution is 0.416. The van der Waals surface area contributed by atoms with Crippen LogP contribution in [0.4, 0.5) is 0 Å². The van der Waals surface area contributed by atoms with Gasteiger partial charge in [0.2, 0.25) is 0 Å². The van der Waals surface area contributed by atoms with E-state index in [-0.39, 0.29) is 5.92 Å². The third-order valence-electron chi connectivity index (χ3n) is 2.71. The van der Waals surface area contributed by atoms with E-state index in [1.807, 2.05) is 18.2 Å².